The Bertz CT molecular complexity index is 670. The Labute approximate surface area is 148 Å². The fourth-order valence-corrected chi connectivity index (χ4v) is 3.03. The Morgan fingerprint density at radius 3 is 3.00 bits per heavy atom. The fraction of sp³-hybridized carbons (Fsp3) is 0.474. The van der Waals surface area contributed by atoms with Crippen molar-refractivity contribution in [3.8, 4) is 5.75 Å². The molecule has 0 spiro atoms. The van der Waals surface area contributed by atoms with Gasteiger partial charge in [-0.05, 0) is 49.6 Å². The lowest BCUT2D eigenvalue weighted by molar-refractivity contribution is -0.121. The minimum Gasteiger partial charge on any atom is -0.497 e. The number of amides is 1. The Balaban J connectivity index is 1.39. The van der Waals surface area contributed by atoms with Crippen LogP contribution in [0.2, 0.25) is 0 Å². The molecule has 6 nitrogen and oxygen atoms in total. The number of aromatic nitrogens is 2. The first kappa shape index (κ1) is 17.5. The predicted molar refractivity (Wildman–Crippen MR) is 96.3 cm³/mol. The smallest absolute Gasteiger partial charge is 0.220 e. The molecule has 1 amide bonds. The molecule has 0 atom stereocenters. The van der Waals surface area contributed by atoms with E-state index in [0.717, 1.165) is 50.3 Å². The number of carbonyl (C=O) groups is 1. The molecule has 2 N–H and O–H groups in total. The van der Waals surface area contributed by atoms with Gasteiger partial charge in [0.2, 0.25) is 5.91 Å². The van der Waals surface area contributed by atoms with Crippen molar-refractivity contribution >= 4 is 5.91 Å². The standard InChI is InChI=1S/C19H26N4O2/c1-25-18-8-6-15(7-9-18)4-2-5-19(24)21-13-16-12-17-14-20-10-3-11-23(17)22-16/h6-9,12,20H,2-5,10-11,13-14H2,1H3,(H,21,24). The molecule has 25 heavy (non-hydrogen) atoms. The van der Waals surface area contributed by atoms with Crippen LogP contribution in [0.1, 0.15) is 36.2 Å². The van der Waals surface area contributed by atoms with E-state index < -0.39 is 0 Å². The fourth-order valence-electron chi connectivity index (χ4n) is 3.03. The van der Waals surface area contributed by atoms with Crippen LogP contribution in [0.5, 0.6) is 5.75 Å². The van der Waals surface area contributed by atoms with Gasteiger partial charge in [-0.25, -0.2) is 0 Å². The molecule has 0 bridgehead atoms. The molecule has 1 aliphatic heterocycles. The molecule has 0 radical (unpaired) electrons. The number of aryl methyl sites for hydroxylation is 2. The number of rotatable bonds is 7. The zero-order valence-corrected chi connectivity index (χ0v) is 14.8. The van der Waals surface area contributed by atoms with Gasteiger partial charge >= 0.3 is 0 Å². The van der Waals surface area contributed by atoms with Crippen molar-refractivity contribution in [3.05, 3.63) is 47.3 Å². The van der Waals surface area contributed by atoms with Crippen molar-refractivity contribution in [2.75, 3.05) is 13.7 Å². The molecule has 0 saturated carbocycles. The maximum absolute atomic E-state index is 12.0. The lowest BCUT2D eigenvalue weighted by atomic mass is 10.1. The van der Waals surface area contributed by atoms with Crippen molar-refractivity contribution in [1.29, 1.82) is 0 Å². The molecule has 0 unspecified atom stereocenters. The molecule has 134 valence electrons. The van der Waals surface area contributed by atoms with E-state index >= 15 is 0 Å². The molecule has 2 heterocycles. The van der Waals surface area contributed by atoms with Crippen LogP contribution in [-0.4, -0.2) is 29.3 Å². The largest absolute Gasteiger partial charge is 0.497 e. The number of ether oxygens (including phenoxy) is 1. The number of nitrogens with one attached hydrogen (secondary N) is 2. The van der Waals surface area contributed by atoms with Crippen molar-refractivity contribution < 1.29 is 9.53 Å². The van der Waals surface area contributed by atoms with E-state index in [0.29, 0.717) is 13.0 Å². The maximum atomic E-state index is 12.0. The highest BCUT2D eigenvalue weighted by Crippen LogP contribution is 2.13. The van der Waals surface area contributed by atoms with Gasteiger partial charge in [0.25, 0.3) is 0 Å². The Morgan fingerprint density at radius 1 is 1.36 bits per heavy atom. The first-order valence-corrected chi connectivity index (χ1v) is 8.90. The summed E-state index contributed by atoms with van der Waals surface area (Å²) in [4.78, 5) is 12.0. The summed E-state index contributed by atoms with van der Waals surface area (Å²) >= 11 is 0. The summed E-state index contributed by atoms with van der Waals surface area (Å²) in [6.45, 7) is 3.33. The minimum absolute atomic E-state index is 0.0785. The number of fused-ring (bicyclic) bond motifs is 1. The first-order valence-electron chi connectivity index (χ1n) is 8.90. The van der Waals surface area contributed by atoms with Gasteiger partial charge in [0.1, 0.15) is 5.75 Å². The van der Waals surface area contributed by atoms with Gasteiger partial charge in [-0.15, -0.1) is 0 Å². The second-order valence-electron chi connectivity index (χ2n) is 6.36. The van der Waals surface area contributed by atoms with Gasteiger partial charge in [-0.2, -0.15) is 5.10 Å². The molecule has 1 aromatic carbocycles. The molecule has 6 heteroatoms. The van der Waals surface area contributed by atoms with E-state index in [1.54, 1.807) is 7.11 Å². The second kappa shape index (κ2) is 8.67. The summed E-state index contributed by atoms with van der Waals surface area (Å²) in [7, 11) is 1.66. The highest BCUT2D eigenvalue weighted by molar-refractivity contribution is 5.75. The van der Waals surface area contributed by atoms with E-state index in [9.17, 15) is 4.79 Å². The molecule has 0 fully saturated rings. The van der Waals surface area contributed by atoms with E-state index in [1.165, 1.54) is 11.3 Å². The van der Waals surface area contributed by atoms with Crippen LogP contribution in [-0.2, 0) is 30.8 Å². The maximum Gasteiger partial charge on any atom is 0.220 e. The molecule has 2 aromatic rings. The van der Waals surface area contributed by atoms with Crippen molar-refractivity contribution in [1.82, 2.24) is 20.4 Å². The van der Waals surface area contributed by atoms with E-state index in [2.05, 4.69) is 21.8 Å². The third-order valence-corrected chi connectivity index (χ3v) is 4.44. The van der Waals surface area contributed by atoms with Crippen LogP contribution in [0.25, 0.3) is 0 Å². The van der Waals surface area contributed by atoms with E-state index in [1.807, 2.05) is 28.9 Å². The third kappa shape index (κ3) is 5.06. The van der Waals surface area contributed by atoms with Crippen LogP contribution in [0, 0.1) is 0 Å². The van der Waals surface area contributed by atoms with E-state index in [4.69, 9.17) is 4.74 Å². The van der Waals surface area contributed by atoms with Crippen LogP contribution < -0.4 is 15.4 Å². The van der Waals surface area contributed by atoms with Crippen molar-refractivity contribution in [2.45, 2.75) is 45.3 Å². The third-order valence-electron chi connectivity index (χ3n) is 4.44. The summed E-state index contributed by atoms with van der Waals surface area (Å²) in [5.74, 6) is 0.935. The monoisotopic (exact) mass is 342 g/mol. The van der Waals surface area contributed by atoms with E-state index in [-0.39, 0.29) is 5.91 Å². The summed E-state index contributed by atoms with van der Waals surface area (Å²) in [6, 6.07) is 10.1. The van der Waals surface area contributed by atoms with Crippen molar-refractivity contribution in [3.63, 3.8) is 0 Å². The first-order chi connectivity index (χ1) is 12.2. The quantitative estimate of drug-likeness (QED) is 0.808. The van der Waals surface area contributed by atoms with Gasteiger partial charge in [-0.3, -0.25) is 9.48 Å². The number of benzene rings is 1. The summed E-state index contributed by atoms with van der Waals surface area (Å²) in [5.41, 5.74) is 3.35. The van der Waals surface area contributed by atoms with Gasteiger partial charge in [0.05, 0.1) is 25.0 Å². The molecule has 0 saturated heterocycles. The van der Waals surface area contributed by atoms with Crippen LogP contribution in [0.3, 0.4) is 0 Å². The Hall–Kier alpha value is -2.34. The predicted octanol–water partition coefficient (Wildman–Crippen LogP) is 2.02. The van der Waals surface area contributed by atoms with Crippen LogP contribution in [0.4, 0.5) is 0 Å². The number of carbonyl (C=O) groups excluding carboxylic acids is 1. The highest BCUT2D eigenvalue weighted by atomic mass is 16.5. The van der Waals surface area contributed by atoms with Gasteiger partial charge < -0.3 is 15.4 Å². The molecular formula is C19H26N4O2. The molecule has 0 aliphatic carbocycles. The molecule has 3 rings (SSSR count). The van der Waals surface area contributed by atoms with Crippen LogP contribution >= 0.6 is 0 Å². The molecular weight excluding hydrogens is 316 g/mol. The average molecular weight is 342 g/mol. The Kier molecular flexibility index (Phi) is 6.06. The number of hydrogen-bond acceptors (Lipinski definition) is 4. The number of methoxy groups -OCH3 is 1. The Morgan fingerprint density at radius 2 is 2.20 bits per heavy atom. The minimum atomic E-state index is 0.0785. The van der Waals surface area contributed by atoms with Crippen molar-refractivity contribution in [2.24, 2.45) is 0 Å². The lowest BCUT2D eigenvalue weighted by Crippen LogP contribution is -2.23. The lowest BCUT2D eigenvalue weighted by Gasteiger charge is -2.05. The topological polar surface area (TPSA) is 68.2 Å². The summed E-state index contributed by atoms with van der Waals surface area (Å²) in [5, 5.41) is 10.9. The second-order valence-corrected chi connectivity index (χ2v) is 6.36. The zero-order valence-electron chi connectivity index (χ0n) is 14.8. The number of nitrogens with zero attached hydrogens (tertiary/aromatic N) is 2. The van der Waals surface area contributed by atoms with Gasteiger partial charge in [0, 0.05) is 19.5 Å². The SMILES string of the molecule is COc1ccc(CCCC(=O)NCc2cc3n(n2)CCCNC3)cc1. The normalized spacial score (nSPS) is 13.8. The zero-order chi connectivity index (χ0) is 17.5. The number of hydrogen-bond donors (Lipinski definition) is 2. The molecule has 1 aliphatic rings. The highest BCUT2D eigenvalue weighted by Gasteiger charge is 2.11. The van der Waals surface area contributed by atoms with Crippen LogP contribution in [0.15, 0.2) is 30.3 Å². The van der Waals surface area contributed by atoms with Gasteiger partial charge in [-0.1, -0.05) is 12.1 Å². The summed E-state index contributed by atoms with van der Waals surface area (Å²) in [6.07, 6.45) is 3.34. The van der Waals surface area contributed by atoms with Gasteiger partial charge in [0.15, 0.2) is 0 Å². The molecule has 1 aromatic heterocycles. The summed E-state index contributed by atoms with van der Waals surface area (Å²) < 4.78 is 7.19. The average Bonchev–Trinajstić information content (AvgIpc) is 2.90.